The van der Waals surface area contributed by atoms with E-state index in [1.54, 1.807) is 0 Å². The number of ether oxygens (including phenoxy) is 1. The van der Waals surface area contributed by atoms with Gasteiger partial charge in [0, 0.05) is 4.90 Å². The molecule has 1 atom stereocenters. The van der Waals surface area contributed by atoms with E-state index in [4.69, 9.17) is 16.3 Å². The molecule has 0 saturated carbocycles. The normalized spacial score (nSPS) is 12.2. The molecule has 0 N–H and O–H groups in total. The lowest BCUT2D eigenvalue weighted by Gasteiger charge is -2.12. The zero-order valence-corrected chi connectivity index (χ0v) is 20.1. The van der Waals surface area contributed by atoms with Crippen LogP contribution in [0, 0.1) is 5.92 Å². The highest BCUT2D eigenvalue weighted by Gasteiger charge is 2.19. The number of unbranched alkanes of at least 4 members (excludes halogenated alkanes) is 5. The van der Waals surface area contributed by atoms with Crippen LogP contribution in [0.4, 0.5) is 0 Å². The number of carbonyl (C=O) groups is 1. The van der Waals surface area contributed by atoms with Crippen molar-refractivity contribution >= 4 is 29.3 Å². The summed E-state index contributed by atoms with van der Waals surface area (Å²) in [6.07, 6.45) is 8.65. The predicted octanol–water partition coefficient (Wildman–Crippen LogP) is 8.37. The summed E-state index contributed by atoms with van der Waals surface area (Å²) in [7, 11) is 0. The molecule has 0 spiro atoms. The van der Waals surface area contributed by atoms with E-state index in [9.17, 15) is 4.79 Å². The monoisotopic (exact) mass is 446 g/mol. The smallest absolute Gasteiger partial charge is 0.329 e. The molecule has 0 saturated heterocycles. The molecule has 0 aliphatic heterocycles. The summed E-state index contributed by atoms with van der Waals surface area (Å²) in [5, 5.41) is -0.605. The highest BCUT2D eigenvalue weighted by Crippen LogP contribution is 2.27. The van der Waals surface area contributed by atoms with E-state index in [2.05, 4.69) is 31.2 Å². The fourth-order valence-corrected chi connectivity index (χ4v) is 4.54. The average Bonchev–Trinajstić information content (AvgIpc) is 2.73. The molecule has 4 heteroatoms. The molecule has 0 fully saturated rings. The van der Waals surface area contributed by atoms with Crippen molar-refractivity contribution in [2.45, 2.75) is 76.0 Å². The van der Waals surface area contributed by atoms with Crippen molar-refractivity contribution < 1.29 is 9.53 Å². The van der Waals surface area contributed by atoms with Crippen LogP contribution in [-0.2, 0) is 4.79 Å². The van der Waals surface area contributed by atoms with Crippen molar-refractivity contribution in [2.24, 2.45) is 5.92 Å². The van der Waals surface area contributed by atoms with Gasteiger partial charge in [0.25, 0.3) is 0 Å². The van der Waals surface area contributed by atoms with E-state index >= 15 is 0 Å². The van der Waals surface area contributed by atoms with Gasteiger partial charge in [0.2, 0.25) is 0 Å². The van der Waals surface area contributed by atoms with Gasteiger partial charge in [-0.3, -0.25) is 4.79 Å². The minimum atomic E-state index is -0.605. The Kier molecular flexibility index (Phi) is 11.4. The van der Waals surface area contributed by atoms with Gasteiger partial charge in [-0.15, -0.1) is 23.4 Å². The van der Waals surface area contributed by atoms with Crippen LogP contribution in [0.25, 0.3) is 11.1 Å². The lowest BCUT2D eigenvalue weighted by atomic mass is 10.1. The van der Waals surface area contributed by atoms with E-state index in [0.29, 0.717) is 18.1 Å². The molecule has 164 valence electrons. The van der Waals surface area contributed by atoms with Crippen LogP contribution in [0.15, 0.2) is 53.4 Å². The van der Waals surface area contributed by atoms with Crippen molar-refractivity contribution in [3.63, 3.8) is 0 Å². The van der Waals surface area contributed by atoms with Gasteiger partial charge in [0.05, 0.1) is 0 Å². The number of thioether (sulfide) groups is 1. The summed E-state index contributed by atoms with van der Waals surface area (Å²) >= 11 is 8.05. The summed E-state index contributed by atoms with van der Waals surface area (Å²) in [5.74, 6) is 1.69. The highest BCUT2D eigenvalue weighted by molar-refractivity contribution is 7.99. The molecule has 0 heterocycles. The van der Waals surface area contributed by atoms with E-state index < -0.39 is 5.38 Å². The Morgan fingerprint density at radius 3 is 2.07 bits per heavy atom. The summed E-state index contributed by atoms with van der Waals surface area (Å²) < 4.78 is 5.40. The van der Waals surface area contributed by atoms with Crippen molar-refractivity contribution in [2.75, 3.05) is 5.75 Å². The SMILES string of the molecule is CCCCCCCCSc1ccc(-c2ccc(OC(=O)[C@@H](Cl)CC(C)C)cc2)cc1. The number of esters is 1. The predicted molar refractivity (Wildman–Crippen MR) is 131 cm³/mol. The molecule has 0 radical (unpaired) electrons. The van der Waals surface area contributed by atoms with E-state index in [-0.39, 0.29) is 5.97 Å². The Balaban J connectivity index is 1.80. The molecule has 0 bridgehead atoms. The molecule has 0 aliphatic rings. The Labute approximate surface area is 191 Å². The molecule has 30 heavy (non-hydrogen) atoms. The Hall–Kier alpha value is -1.45. The van der Waals surface area contributed by atoms with Crippen LogP contribution >= 0.6 is 23.4 Å². The number of carbonyl (C=O) groups excluding carboxylic acids is 1. The molecule has 2 aromatic rings. The zero-order chi connectivity index (χ0) is 21.8. The van der Waals surface area contributed by atoms with Crippen LogP contribution < -0.4 is 4.74 Å². The summed E-state index contributed by atoms with van der Waals surface area (Å²) in [4.78, 5) is 13.4. The van der Waals surface area contributed by atoms with E-state index in [1.165, 1.54) is 49.2 Å². The van der Waals surface area contributed by atoms with Crippen molar-refractivity contribution in [1.29, 1.82) is 0 Å². The summed E-state index contributed by atoms with van der Waals surface area (Å²) in [6.45, 7) is 6.33. The first-order valence-corrected chi connectivity index (χ1v) is 12.6. The van der Waals surface area contributed by atoms with Gasteiger partial charge in [0.15, 0.2) is 0 Å². The average molecular weight is 447 g/mol. The Morgan fingerprint density at radius 2 is 1.47 bits per heavy atom. The summed E-state index contributed by atoms with van der Waals surface area (Å²) in [5.41, 5.74) is 2.26. The first-order valence-electron chi connectivity index (χ1n) is 11.2. The van der Waals surface area contributed by atoms with Crippen molar-refractivity contribution in [3.8, 4) is 16.9 Å². The minimum absolute atomic E-state index is 0.356. The number of hydrogen-bond acceptors (Lipinski definition) is 3. The Bertz CT molecular complexity index is 741. The topological polar surface area (TPSA) is 26.3 Å². The summed E-state index contributed by atoms with van der Waals surface area (Å²) in [6, 6.07) is 16.3. The van der Waals surface area contributed by atoms with Gasteiger partial charge >= 0.3 is 5.97 Å². The first kappa shape index (κ1) is 24.8. The number of alkyl halides is 1. The first-order chi connectivity index (χ1) is 14.5. The van der Waals surface area contributed by atoms with E-state index in [1.807, 2.05) is 49.9 Å². The lowest BCUT2D eigenvalue weighted by Crippen LogP contribution is -2.22. The van der Waals surface area contributed by atoms with Crippen molar-refractivity contribution in [3.05, 3.63) is 48.5 Å². The van der Waals surface area contributed by atoms with Gasteiger partial charge in [-0.05, 0) is 59.9 Å². The second-order valence-electron chi connectivity index (χ2n) is 8.18. The van der Waals surface area contributed by atoms with Crippen LogP contribution in [0.5, 0.6) is 5.75 Å². The maximum Gasteiger partial charge on any atom is 0.329 e. The van der Waals surface area contributed by atoms with E-state index in [0.717, 1.165) is 11.1 Å². The molecule has 0 unspecified atom stereocenters. The van der Waals surface area contributed by atoms with Gasteiger partial charge in [0.1, 0.15) is 11.1 Å². The molecule has 0 aliphatic carbocycles. The second kappa shape index (κ2) is 13.8. The third-order valence-corrected chi connectivity index (χ3v) is 6.42. The van der Waals surface area contributed by atoms with Crippen LogP contribution in [0.3, 0.4) is 0 Å². The van der Waals surface area contributed by atoms with Crippen LogP contribution in [-0.4, -0.2) is 17.1 Å². The highest BCUT2D eigenvalue weighted by atomic mass is 35.5. The third kappa shape index (κ3) is 9.14. The maximum absolute atomic E-state index is 12.1. The number of hydrogen-bond donors (Lipinski definition) is 0. The molecule has 0 amide bonds. The fourth-order valence-electron chi connectivity index (χ4n) is 3.22. The minimum Gasteiger partial charge on any atom is -0.425 e. The molecule has 0 aromatic heterocycles. The van der Waals surface area contributed by atoms with Gasteiger partial charge < -0.3 is 4.74 Å². The van der Waals surface area contributed by atoms with Crippen LogP contribution in [0.1, 0.15) is 65.7 Å². The van der Waals surface area contributed by atoms with Gasteiger partial charge in [-0.25, -0.2) is 0 Å². The lowest BCUT2D eigenvalue weighted by molar-refractivity contribution is -0.134. The van der Waals surface area contributed by atoms with Gasteiger partial charge in [-0.1, -0.05) is 77.1 Å². The third-order valence-electron chi connectivity index (χ3n) is 4.96. The number of halogens is 1. The number of rotatable bonds is 13. The Morgan fingerprint density at radius 1 is 0.900 bits per heavy atom. The quantitative estimate of drug-likeness (QED) is 0.102. The fraction of sp³-hybridized carbons (Fsp3) is 0.500. The molecule has 2 rings (SSSR count). The second-order valence-corrected chi connectivity index (χ2v) is 9.88. The number of benzene rings is 2. The maximum atomic E-state index is 12.1. The molecule has 2 nitrogen and oxygen atoms in total. The zero-order valence-electron chi connectivity index (χ0n) is 18.5. The molecular formula is C26H35ClO2S. The molecule has 2 aromatic carbocycles. The van der Waals surface area contributed by atoms with Gasteiger partial charge in [-0.2, -0.15) is 0 Å². The molecular weight excluding hydrogens is 412 g/mol. The van der Waals surface area contributed by atoms with Crippen molar-refractivity contribution in [1.82, 2.24) is 0 Å². The standard InChI is InChI=1S/C26H35ClO2S/c1-4-5-6-7-8-9-18-30-24-16-12-22(13-17-24)21-10-14-23(15-11-21)29-26(28)25(27)19-20(2)3/h10-17,20,25H,4-9,18-19H2,1-3H3/t25-/m0/s1. The van der Waals surface area contributed by atoms with Crippen LogP contribution in [0.2, 0.25) is 0 Å². The largest absolute Gasteiger partial charge is 0.425 e.